The van der Waals surface area contributed by atoms with Crippen molar-refractivity contribution in [3.05, 3.63) is 59.8 Å². The number of fused-ring (bicyclic) bond motifs is 1. The van der Waals surface area contributed by atoms with E-state index in [1.807, 2.05) is 44.6 Å². The molecular weight excluding hydrogens is 480 g/mol. The van der Waals surface area contributed by atoms with E-state index < -0.39 is 0 Å². The first-order valence-electron chi connectivity index (χ1n) is 12.8. The van der Waals surface area contributed by atoms with Gasteiger partial charge in [0.2, 0.25) is 11.8 Å². The number of nitrogens with two attached hydrogens (primary N) is 1. The Balaban J connectivity index is 1.23. The lowest BCUT2D eigenvalue weighted by Crippen LogP contribution is -2.15. The van der Waals surface area contributed by atoms with Gasteiger partial charge in [0, 0.05) is 42.5 Å². The molecule has 1 saturated carbocycles. The highest BCUT2D eigenvalue weighted by atomic mass is 16.5. The van der Waals surface area contributed by atoms with Crippen LogP contribution in [0.15, 0.2) is 48.0 Å². The van der Waals surface area contributed by atoms with Gasteiger partial charge < -0.3 is 15.8 Å². The minimum atomic E-state index is -0.0775. The van der Waals surface area contributed by atoms with Crippen molar-refractivity contribution in [1.29, 1.82) is 0 Å². The van der Waals surface area contributed by atoms with E-state index in [0.717, 1.165) is 33.9 Å². The van der Waals surface area contributed by atoms with Crippen LogP contribution in [0.5, 0.6) is 0 Å². The van der Waals surface area contributed by atoms with E-state index in [9.17, 15) is 4.79 Å². The topological polar surface area (TPSA) is 133 Å². The Kier molecular flexibility index (Phi) is 5.81. The van der Waals surface area contributed by atoms with E-state index in [0.29, 0.717) is 41.4 Å². The van der Waals surface area contributed by atoms with Crippen molar-refractivity contribution in [3.8, 4) is 11.3 Å². The molecule has 194 valence electrons. The first-order chi connectivity index (χ1) is 18.3. The second kappa shape index (κ2) is 9.20. The molecule has 1 amide bonds. The largest absolute Gasteiger partial charge is 0.474 e. The lowest BCUT2D eigenvalue weighted by Gasteiger charge is -2.11. The van der Waals surface area contributed by atoms with Crippen LogP contribution in [0.4, 0.5) is 11.6 Å². The van der Waals surface area contributed by atoms with Gasteiger partial charge in [-0.25, -0.2) is 15.0 Å². The van der Waals surface area contributed by atoms with Crippen LogP contribution in [-0.4, -0.2) is 49.2 Å². The molecule has 0 aromatic carbocycles. The predicted octanol–water partition coefficient (Wildman–Crippen LogP) is 3.86. The van der Waals surface area contributed by atoms with Crippen LogP contribution in [0, 0.1) is 18.8 Å². The third-order valence-electron chi connectivity index (χ3n) is 7.33. The Morgan fingerprint density at radius 2 is 2.00 bits per heavy atom. The number of anilines is 2. The number of hydrogen-bond donors (Lipinski definition) is 2. The summed E-state index contributed by atoms with van der Waals surface area (Å²) in [5.41, 5.74) is 10.6. The van der Waals surface area contributed by atoms with Gasteiger partial charge in [0.1, 0.15) is 23.9 Å². The minimum Gasteiger partial charge on any atom is -0.474 e. The molecular formula is C28H30N8O2. The van der Waals surface area contributed by atoms with E-state index >= 15 is 0 Å². The normalized spacial score (nSPS) is 20.4. The Morgan fingerprint density at radius 3 is 2.71 bits per heavy atom. The molecule has 3 atom stereocenters. The molecule has 0 saturated heterocycles. The van der Waals surface area contributed by atoms with Crippen LogP contribution in [0.3, 0.4) is 0 Å². The first kappa shape index (κ1) is 24.0. The SMILES string of the molecule is Cc1cc(C2=N[C@@H](C(C)C)CO2)ncc1-c1cc2cc(NC(=O)C3CC3c3cnn(C)c3)ncc2c(N)n1. The number of aliphatic imine (C=N–C) groups is 1. The second-order valence-electron chi connectivity index (χ2n) is 10.5. The smallest absolute Gasteiger partial charge is 0.235 e. The summed E-state index contributed by atoms with van der Waals surface area (Å²) in [5.74, 6) is 1.93. The zero-order valence-corrected chi connectivity index (χ0v) is 21.8. The molecule has 4 aromatic heterocycles. The van der Waals surface area contributed by atoms with E-state index in [1.54, 1.807) is 17.1 Å². The fraction of sp³-hybridized carbons (Fsp3) is 0.357. The standard InChI is InChI=1S/C28H30N8O2/c1-14(2)24-13-38-28(34-24)23-5-15(3)20(10-30-23)22-6-16-7-25(31-11-21(16)26(29)33-22)35-27(37)19-8-18(19)17-9-32-36(4)12-17/h5-7,9-12,14,18-19,24H,8,13H2,1-4H3,(H2,29,33)(H,31,35,37)/t18?,19?,24-/m1/s1. The number of nitrogens with zero attached hydrogens (tertiary/aromatic N) is 6. The summed E-state index contributed by atoms with van der Waals surface area (Å²) < 4.78 is 7.55. The summed E-state index contributed by atoms with van der Waals surface area (Å²) in [6.45, 7) is 6.85. The van der Waals surface area contributed by atoms with Gasteiger partial charge in [0.05, 0.1) is 17.9 Å². The van der Waals surface area contributed by atoms with Gasteiger partial charge in [-0.2, -0.15) is 5.10 Å². The van der Waals surface area contributed by atoms with Gasteiger partial charge in [0.25, 0.3) is 0 Å². The molecule has 2 unspecified atom stereocenters. The maximum absolute atomic E-state index is 12.9. The average Bonchev–Trinajstić information content (AvgIpc) is 3.30. The fourth-order valence-electron chi connectivity index (χ4n) is 4.90. The number of carbonyl (C=O) groups is 1. The number of ether oxygens (including phenoxy) is 1. The molecule has 38 heavy (non-hydrogen) atoms. The highest BCUT2D eigenvalue weighted by molar-refractivity contribution is 5.99. The average molecular weight is 511 g/mol. The Labute approximate surface area is 220 Å². The summed E-state index contributed by atoms with van der Waals surface area (Å²) in [5, 5.41) is 8.74. The molecule has 1 aliphatic heterocycles. The molecule has 0 bridgehead atoms. The number of pyridine rings is 3. The predicted molar refractivity (Wildman–Crippen MR) is 146 cm³/mol. The fourth-order valence-corrected chi connectivity index (χ4v) is 4.90. The van der Waals surface area contributed by atoms with E-state index in [-0.39, 0.29) is 23.8 Å². The lowest BCUT2D eigenvalue weighted by atomic mass is 10.0. The van der Waals surface area contributed by atoms with Crippen molar-refractivity contribution in [2.75, 3.05) is 17.7 Å². The van der Waals surface area contributed by atoms with Crippen LogP contribution in [-0.2, 0) is 16.6 Å². The maximum atomic E-state index is 12.9. The summed E-state index contributed by atoms with van der Waals surface area (Å²) in [7, 11) is 1.88. The molecule has 3 N–H and O–H groups in total. The van der Waals surface area contributed by atoms with Crippen LogP contribution in [0.2, 0.25) is 0 Å². The summed E-state index contributed by atoms with van der Waals surface area (Å²) in [4.78, 5) is 31.2. The van der Waals surface area contributed by atoms with E-state index in [4.69, 9.17) is 10.5 Å². The van der Waals surface area contributed by atoms with Gasteiger partial charge in [-0.3, -0.25) is 14.5 Å². The first-order valence-corrected chi connectivity index (χ1v) is 12.8. The van der Waals surface area contributed by atoms with Crippen molar-refractivity contribution < 1.29 is 9.53 Å². The van der Waals surface area contributed by atoms with Gasteiger partial charge in [-0.15, -0.1) is 0 Å². The summed E-state index contributed by atoms with van der Waals surface area (Å²) in [6.07, 6.45) is 8.02. The Bertz CT molecular complexity index is 1590. The molecule has 4 aromatic rings. The number of rotatable bonds is 6. The molecule has 0 spiro atoms. The van der Waals surface area contributed by atoms with Crippen molar-refractivity contribution in [1.82, 2.24) is 24.7 Å². The van der Waals surface area contributed by atoms with Gasteiger partial charge in [0.15, 0.2) is 0 Å². The quantitative estimate of drug-likeness (QED) is 0.402. The minimum absolute atomic E-state index is 0.0414. The Morgan fingerprint density at radius 1 is 1.16 bits per heavy atom. The molecule has 6 rings (SSSR count). The monoisotopic (exact) mass is 510 g/mol. The number of carbonyl (C=O) groups excluding carboxylic acids is 1. The summed E-state index contributed by atoms with van der Waals surface area (Å²) >= 11 is 0. The lowest BCUT2D eigenvalue weighted by molar-refractivity contribution is -0.117. The number of amides is 1. The second-order valence-corrected chi connectivity index (χ2v) is 10.5. The van der Waals surface area contributed by atoms with E-state index in [1.165, 1.54) is 0 Å². The number of aryl methyl sites for hydroxylation is 2. The molecule has 1 fully saturated rings. The van der Waals surface area contributed by atoms with Crippen LogP contribution >= 0.6 is 0 Å². The highest BCUT2D eigenvalue weighted by Crippen LogP contribution is 2.47. The number of nitrogens with one attached hydrogen (secondary N) is 1. The van der Waals surface area contributed by atoms with Crippen molar-refractivity contribution in [2.45, 2.75) is 39.2 Å². The van der Waals surface area contributed by atoms with Crippen LogP contribution in [0.25, 0.3) is 22.0 Å². The van der Waals surface area contributed by atoms with Gasteiger partial charge in [-0.1, -0.05) is 13.8 Å². The zero-order valence-electron chi connectivity index (χ0n) is 21.8. The summed E-state index contributed by atoms with van der Waals surface area (Å²) in [6, 6.07) is 5.89. The zero-order chi connectivity index (χ0) is 26.6. The number of aromatic nitrogens is 5. The molecule has 2 aliphatic rings. The molecule has 5 heterocycles. The molecule has 10 nitrogen and oxygen atoms in total. The van der Waals surface area contributed by atoms with Gasteiger partial charge in [-0.05, 0) is 59.9 Å². The van der Waals surface area contributed by atoms with E-state index in [2.05, 4.69) is 44.2 Å². The third-order valence-corrected chi connectivity index (χ3v) is 7.33. The van der Waals surface area contributed by atoms with Crippen molar-refractivity contribution >= 4 is 34.2 Å². The van der Waals surface area contributed by atoms with Crippen molar-refractivity contribution in [2.24, 2.45) is 23.9 Å². The molecule has 1 aliphatic carbocycles. The Hall–Kier alpha value is -4.34. The number of nitrogen functional groups attached to an aromatic ring is 1. The third kappa shape index (κ3) is 4.46. The highest BCUT2D eigenvalue weighted by Gasteiger charge is 2.44. The number of hydrogen-bond acceptors (Lipinski definition) is 8. The van der Waals surface area contributed by atoms with Crippen LogP contribution < -0.4 is 11.1 Å². The van der Waals surface area contributed by atoms with Gasteiger partial charge >= 0.3 is 0 Å². The van der Waals surface area contributed by atoms with Crippen LogP contribution in [0.1, 0.15) is 43.0 Å². The maximum Gasteiger partial charge on any atom is 0.235 e. The molecule has 0 radical (unpaired) electrons. The van der Waals surface area contributed by atoms with Crippen molar-refractivity contribution in [3.63, 3.8) is 0 Å². The molecule has 10 heteroatoms.